The third-order valence-corrected chi connectivity index (χ3v) is 3.96. The highest BCUT2D eigenvalue weighted by Crippen LogP contribution is 2.31. The van der Waals surface area contributed by atoms with E-state index in [1.807, 2.05) is 13.8 Å². The number of carbonyl (C=O) groups excluding carboxylic acids is 1. The molecule has 0 aromatic heterocycles. The van der Waals surface area contributed by atoms with Crippen LogP contribution >= 0.6 is 24.0 Å². The van der Waals surface area contributed by atoms with Crippen LogP contribution in [0.25, 0.3) is 0 Å². The summed E-state index contributed by atoms with van der Waals surface area (Å²) in [6, 6.07) is 0. The lowest BCUT2D eigenvalue weighted by atomic mass is 10.1. The summed E-state index contributed by atoms with van der Waals surface area (Å²) >= 11 is 6.38. The third-order valence-electron chi connectivity index (χ3n) is 2.44. The van der Waals surface area contributed by atoms with Crippen LogP contribution in [0.15, 0.2) is 12.2 Å². The minimum absolute atomic E-state index is 0.198. The third kappa shape index (κ3) is 4.68. The lowest BCUT2D eigenvalue weighted by Crippen LogP contribution is -2.28. The number of ether oxygens (including phenoxy) is 2. The molecule has 0 spiro atoms. The molecular weight excluding hydrogens is 256 g/mol. The Kier molecular flexibility index (Phi) is 6.58. The van der Waals surface area contributed by atoms with Crippen LogP contribution in [0.4, 0.5) is 0 Å². The summed E-state index contributed by atoms with van der Waals surface area (Å²) in [5, 5.41) is -0.271. The van der Waals surface area contributed by atoms with E-state index in [2.05, 4.69) is 12.2 Å². The number of esters is 1. The summed E-state index contributed by atoms with van der Waals surface area (Å²) in [7, 11) is 0. The molecular formula is C12H18O3S2. The first-order valence-electron chi connectivity index (χ1n) is 5.85. The normalized spacial score (nSPS) is 20.0. The quantitative estimate of drug-likeness (QED) is 0.437. The molecule has 5 heteroatoms. The van der Waals surface area contributed by atoms with E-state index in [-0.39, 0.29) is 17.1 Å². The monoisotopic (exact) mass is 274 g/mol. The molecule has 2 unspecified atom stereocenters. The van der Waals surface area contributed by atoms with Crippen molar-refractivity contribution in [2.24, 2.45) is 5.92 Å². The Balaban J connectivity index is 2.61. The van der Waals surface area contributed by atoms with Gasteiger partial charge in [0.05, 0.1) is 13.2 Å². The average Bonchev–Trinajstić information content (AvgIpc) is 2.79. The number of rotatable bonds is 5. The molecule has 1 aliphatic rings. The van der Waals surface area contributed by atoms with Crippen molar-refractivity contribution in [2.75, 3.05) is 13.2 Å². The number of hydrogen-bond donors (Lipinski definition) is 0. The van der Waals surface area contributed by atoms with Crippen LogP contribution in [-0.4, -0.2) is 28.8 Å². The maximum atomic E-state index is 11.9. The van der Waals surface area contributed by atoms with Gasteiger partial charge in [-0.2, -0.15) is 0 Å². The van der Waals surface area contributed by atoms with Crippen molar-refractivity contribution in [1.29, 1.82) is 0 Å². The van der Waals surface area contributed by atoms with Crippen molar-refractivity contribution >= 4 is 34.3 Å². The van der Waals surface area contributed by atoms with Crippen molar-refractivity contribution in [3.63, 3.8) is 0 Å². The smallest absolute Gasteiger partial charge is 0.320 e. The van der Waals surface area contributed by atoms with E-state index in [0.29, 0.717) is 17.6 Å². The van der Waals surface area contributed by atoms with E-state index in [1.54, 1.807) is 0 Å². The van der Waals surface area contributed by atoms with Crippen molar-refractivity contribution in [1.82, 2.24) is 0 Å². The van der Waals surface area contributed by atoms with Gasteiger partial charge in [-0.25, -0.2) is 0 Å². The molecule has 0 amide bonds. The predicted octanol–water partition coefficient (Wildman–Crippen LogP) is 2.94. The largest absolute Gasteiger partial charge is 0.479 e. The second-order valence-electron chi connectivity index (χ2n) is 3.64. The standard InChI is InChI=1S/C12H18O3S2/c1-3-14-11(13)10(9-7-5-6-8-9)17-12(16)15-4-2/h5,7,9-10H,3-4,6,8H2,1-2H3. The molecule has 0 aliphatic heterocycles. The molecule has 2 atom stereocenters. The predicted molar refractivity (Wildman–Crippen MR) is 74.1 cm³/mol. The van der Waals surface area contributed by atoms with Gasteiger partial charge in [-0.3, -0.25) is 4.79 Å². The van der Waals surface area contributed by atoms with Gasteiger partial charge in [0.15, 0.2) is 0 Å². The van der Waals surface area contributed by atoms with Crippen LogP contribution in [0.3, 0.4) is 0 Å². The minimum Gasteiger partial charge on any atom is -0.479 e. The zero-order valence-electron chi connectivity index (χ0n) is 10.2. The molecule has 0 saturated heterocycles. The summed E-state index contributed by atoms with van der Waals surface area (Å²) < 4.78 is 10.7. The molecule has 0 heterocycles. The Morgan fingerprint density at radius 3 is 2.71 bits per heavy atom. The van der Waals surface area contributed by atoms with Gasteiger partial charge >= 0.3 is 5.97 Å². The van der Waals surface area contributed by atoms with E-state index < -0.39 is 0 Å². The maximum absolute atomic E-state index is 11.9. The first kappa shape index (κ1) is 14.5. The van der Waals surface area contributed by atoms with Crippen molar-refractivity contribution < 1.29 is 14.3 Å². The first-order chi connectivity index (χ1) is 8.19. The number of hydrogen-bond acceptors (Lipinski definition) is 5. The summed E-state index contributed by atoms with van der Waals surface area (Å²) in [4.78, 5) is 11.9. The Hall–Kier alpha value is -0.550. The molecule has 17 heavy (non-hydrogen) atoms. The van der Waals surface area contributed by atoms with E-state index in [4.69, 9.17) is 21.7 Å². The molecule has 0 aromatic rings. The van der Waals surface area contributed by atoms with Gasteiger partial charge in [0, 0.05) is 5.92 Å². The van der Waals surface area contributed by atoms with Crippen LogP contribution in [0.1, 0.15) is 26.7 Å². The van der Waals surface area contributed by atoms with Crippen molar-refractivity contribution in [3.05, 3.63) is 12.2 Å². The lowest BCUT2D eigenvalue weighted by Gasteiger charge is -2.20. The molecule has 1 aliphatic carbocycles. The average molecular weight is 274 g/mol. The number of thioether (sulfide) groups is 1. The Morgan fingerprint density at radius 2 is 2.18 bits per heavy atom. The van der Waals surface area contributed by atoms with Gasteiger partial charge in [-0.05, 0) is 38.9 Å². The van der Waals surface area contributed by atoms with Gasteiger partial charge in [0.25, 0.3) is 0 Å². The Labute approximate surface area is 112 Å². The molecule has 0 bridgehead atoms. The van der Waals surface area contributed by atoms with Gasteiger partial charge in [0.1, 0.15) is 5.25 Å². The minimum atomic E-state index is -0.271. The van der Waals surface area contributed by atoms with Gasteiger partial charge in [-0.1, -0.05) is 23.9 Å². The van der Waals surface area contributed by atoms with E-state index in [9.17, 15) is 4.79 Å². The van der Waals surface area contributed by atoms with Crippen LogP contribution < -0.4 is 0 Å². The van der Waals surface area contributed by atoms with Gasteiger partial charge in [0.2, 0.25) is 4.38 Å². The molecule has 1 rings (SSSR count). The van der Waals surface area contributed by atoms with Crippen LogP contribution in [-0.2, 0) is 14.3 Å². The van der Waals surface area contributed by atoms with Gasteiger partial charge < -0.3 is 9.47 Å². The summed E-state index contributed by atoms with van der Waals surface area (Å²) in [6.07, 6.45) is 6.16. The SMILES string of the molecule is CCOC(=O)C(SC(=S)OCC)C1C=CCC1. The molecule has 3 nitrogen and oxygen atoms in total. The second-order valence-corrected chi connectivity index (χ2v) is 5.39. The Bertz CT molecular complexity index is 302. The number of thiocarbonyl (C=S) groups is 1. The fourth-order valence-corrected chi connectivity index (χ4v) is 3.09. The molecule has 0 radical (unpaired) electrons. The fraction of sp³-hybridized carbons (Fsp3) is 0.667. The zero-order chi connectivity index (χ0) is 12.7. The van der Waals surface area contributed by atoms with E-state index >= 15 is 0 Å². The highest BCUT2D eigenvalue weighted by molar-refractivity contribution is 8.23. The van der Waals surface area contributed by atoms with Crippen LogP contribution in [0.5, 0.6) is 0 Å². The van der Waals surface area contributed by atoms with E-state index in [0.717, 1.165) is 12.8 Å². The summed E-state index contributed by atoms with van der Waals surface area (Å²) in [5.74, 6) is 0.00793. The topological polar surface area (TPSA) is 35.5 Å². The summed E-state index contributed by atoms with van der Waals surface area (Å²) in [5.41, 5.74) is 0. The van der Waals surface area contributed by atoms with Crippen LogP contribution in [0, 0.1) is 5.92 Å². The molecule has 96 valence electrons. The maximum Gasteiger partial charge on any atom is 0.320 e. The Morgan fingerprint density at radius 1 is 1.47 bits per heavy atom. The van der Waals surface area contributed by atoms with Crippen molar-refractivity contribution in [3.8, 4) is 0 Å². The molecule has 0 saturated carbocycles. The number of carbonyl (C=O) groups is 1. The highest BCUT2D eigenvalue weighted by atomic mass is 32.2. The summed E-state index contributed by atoms with van der Waals surface area (Å²) in [6.45, 7) is 4.61. The van der Waals surface area contributed by atoms with Crippen LogP contribution in [0.2, 0.25) is 0 Å². The fourth-order valence-electron chi connectivity index (χ4n) is 1.70. The molecule has 0 N–H and O–H groups in total. The first-order valence-corrected chi connectivity index (χ1v) is 7.14. The van der Waals surface area contributed by atoms with Crippen molar-refractivity contribution in [2.45, 2.75) is 31.9 Å². The molecule has 0 fully saturated rings. The molecule has 0 aromatic carbocycles. The van der Waals surface area contributed by atoms with Gasteiger partial charge in [-0.15, -0.1) is 0 Å². The second kappa shape index (κ2) is 7.71. The number of allylic oxidation sites excluding steroid dienone is 2. The van der Waals surface area contributed by atoms with E-state index in [1.165, 1.54) is 11.8 Å². The zero-order valence-corrected chi connectivity index (χ0v) is 11.8. The lowest BCUT2D eigenvalue weighted by molar-refractivity contribution is -0.143. The highest BCUT2D eigenvalue weighted by Gasteiger charge is 2.31.